The molecule has 2 heterocycles. The second-order valence-corrected chi connectivity index (χ2v) is 4.63. The molecule has 1 aromatic carbocycles. The topological polar surface area (TPSA) is 44.4 Å². The van der Waals surface area contributed by atoms with Crippen molar-refractivity contribution in [3.05, 3.63) is 23.8 Å². The predicted octanol–water partition coefficient (Wildman–Crippen LogP) is 1.40. The molecule has 2 aliphatic rings. The van der Waals surface area contributed by atoms with Crippen molar-refractivity contribution in [2.45, 2.75) is 12.8 Å². The Labute approximate surface area is 113 Å². The summed E-state index contributed by atoms with van der Waals surface area (Å²) in [7, 11) is 0. The fourth-order valence-corrected chi connectivity index (χ4v) is 2.49. The van der Waals surface area contributed by atoms with E-state index in [-0.39, 0.29) is 18.3 Å². The highest BCUT2D eigenvalue weighted by molar-refractivity contribution is 5.94. The number of halogens is 1. The van der Waals surface area contributed by atoms with Gasteiger partial charge in [-0.3, -0.25) is 4.79 Å². The Kier molecular flexibility index (Phi) is 4.09. The second kappa shape index (κ2) is 5.59. The van der Waals surface area contributed by atoms with Crippen molar-refractivity contribution in [1.82, 2.24) is 5.32 Å². The van der Waals surface area contributed by atoms with Crippen molar-refractivity contribution in [2.24, 2.45) is 0 Å². The average molecular weight is 268 g/mol. The van der Waals surface area contributed by atoms with Crippen molar-refractivity contribution < 1.29 is 4.79 Å². The number of carbonyl (C=O) groups is 1. The Balaban J connectivity index is 0.00000120. The highest BCUT2D eigenvalue weighted by Crippen LogP contribution is 2.27. The molecule has 18 heavy (non-hydrogen) atoms. The number of hydrogen-bond donors (Lipinski definition) is 2. The molecule has 2 aliphatic heterocycles. The molecule has 1 saturated heterocycles. The summed E-state index contributed by atoms with van der Waals surface area (Å²) in [5.41, 5.74) is 3.53. The Morgan fingerprint density at radius 3 is 2.67 bits per heavy atom. The third-order valence-electron chi connectivity index (χ3n) is 3.47. The highest BCUT2D eigenvalue weighted by atomic mass is 35.5. The summed E-state index contributed by atoms with van der Waals surface area (Å²) in [6.07, 6.45) is 1.47. The number of hydrogen-bond acceptors (Lipinski definition) is 3. The van der Waals surface area contributed by atoms with E-state index >= 15 is 0 Å². The molecule has 1 fully saturated rings. The molecule has 1 aromatic rings. The normalized spacial score (nSPS) is 18.7. The minimum Gasteiger partial charge on any atom is -0.369 e. The highest BCUT2D eigenvalue weighted by Gasteiger charge is 2.17. The molecule has 3 rings (SSSR count). The third-order valence-corrected chi connectivity index (χ3v) is 3.47. The van der Waals surface area contributed by atoms with E-state index in [1.165, 1.54) is 11.3 Å². The van der Waals surface area contributed by atoms with Crippen molar-refractivity contribution in [2.75, 3.05) is 36.4 Å². The third kappa shape index (κ3) is 2.60. The molecule has 0 spiro atoms. The van der Waals surface area contributed by atoms with Crippen LogP contribution in [0.3, 0.4) is 0 Å². The average Bonchev–Trinajstić information content (AvgIpc) is 2.39. The molecular formula is C13H18ClN3O. The number of benzene rings is 1. The zero-order chi connectivity index (χ0) is 11.7. The number of rotatable bonds is 1. The minimum absolute atomic E-state index is 0. The van der Waals surface area contributed by atoms with E-state index in [9.17, 15) is 4.79 Å². The number of amides is 1. The van der Waals surface area contributed by atoms with Gasteiger partial charge in [0.1, 0.15) is 0 Å². The first-order valence-electron chi connectivity index (χ1n) is 6.21. The molecule has 0 saturated carbocycles. The van der Waals surface area contributed by atoms with E-state index in [1.807, 2.05) is 6.07 Å². The van der Waals surface area contributed by atoms with Gasteiger partial charge in [0.15, 0.2) is 0 Å². The number of nitrogens with one attached hydrogen (secondary N) is 2. The monoisotopic (exact) mass is 267 g/mol. The van der Waals surface area contributed by atoms with Gasteiger partial charge in [0.25, 0.3) is 0 Å². The molecule has 4 nitrogen and oxygen atoms in total. The molecule has 0 radical (unpaired) electrons. The van der Waals surface area contributed by atoms with Crippen molar-refractivity contribution in [3.63, 3.8) is 0 Å². The number of fused-ring (bicyclic) bond motifs is 1. The number of carbonyl (C=O) groups excluding carboxylic acids is 1. The summed E-state index contributed by atoms with van der Waals surface area (Å²) >= 11 is 0. The fraction of sp³-hybridized carbons (Fsp3) is 0.462. The van der Waals surface area contributed by atoms with Gasteiger partial charge in [-0.25, -0.2) is 0 Å². The van der Waals surface area contributed by atoms with E-state index < -0.39 is 0 Å². The molecule has 98 valence electrons. The lowest BCUT2D eigenvalue weighted by Gasteiger charge is -2.30. The maximum Gasteiger partial charge on any atom is 0.224 e. The van der Waals surface area contributed by atoms with E-state index in [0.29, 0.717) is 6.42 Å². The van der Waals surface area contributed by atoms with E-state index in [0.717, 1.165) is 38.3 Å². The summed E-state index contributed by atoms with van der Waals surface area (Å²) < 4.78 is 0. The molecule has 0 bridgehead atoms. The van der Waals surface area contributed by atoms with Gasteiger partial charge < -0.3 is 15.5 Å². The zero-order valence-electron chi connectivity index (χ0n) is 10.2. The van der Waals surface area contributed by atoms with Crippen LogP contribution in [0.25, 0.3) is 0 Å². The van der Waals surface area contributed by atoms with Crippen LogP contribution in [0.4, 0.5) is 11.4 Å². The van der Waals surface area contributed by atoms with Gasteiger partial charge in [0.05, 0.1) is 0 Å². The molecular weight excluding hydrogens is 250 g/mol. The number of piperazine rings is 1. The van der Waals surface area contributed by atoms with Crippen LogP contribution in [0.2, 0.25) is 0 Å². The van der Waals surface area contributed by atoms with Crippen LogP contribution in [0.1, 0.15) is 12.0 Å². The fourth-order valence-electron chi connectivity index (χ4n) is 2.49. The Morgan fingerprint density at radius 1 is 1.11 bits per heavy atom. The van der Waals surface area contributed by atoms with Crippen LogP contribution < -0.4 is 15.5 Å². The molecule has 0 unspecified atom stereocenters. The zero-order valence-corrected chi connectivity index (χ0v) is 11.1. The van der Waals surface area contributed by atoms with Crippen LogP contribution in [0, 0.1) is 0 Å². The van der Waals surface area contributed by atoms with Crippen molar-refractivity contribution >= 4 is 29.7 Å². The molecule has 5 heteroatoms. The smallest absolute Gasteiger partial charge is 0.224 e. The van der Waals surface area contributed by atoms with Crippen molar-refractivity contribution in [1.29, 1.82) is 0 Å². The summed E-state index contributed by atoms with van der Waals surface area (Å²) in [5, 5.41) is 6.27. The first-order valence-corrected chi connectivity index (χ1v) is 6.21. The van der Waals surface area contributed by atoms with Crippen LogP contribution in [-0.2, 0) is 11.2 Å². The molecule has 1 amide bonds. The van der Waals surface area contributed by atoms with E-state index in [4.69, 9.17) is 0 Å². The van der Waals surface area contributed by atoms with Gasteiger partial charge in [-0.15, -0.1) is 12.4 Å². The van der Waals surface area contributed by atoms with Crippen LogP contribution >= 0.6 is 12.4 Å². The summed E-state index contributed by atoms with van der Waals surface area (Å²) in [6.45, 7) is 4.22. The van der Waals surface area contributed by atoms with Crippen LogP contribution in [0.15, 0.2) is 18.2 Å². The van der Waals surface area contributed by atoms with E-state index in [2.05, 4.69) is 27.7 Å². The standard InChI is InChI=1S/C13H17N3O.ClH/c17-13-4-1-10-9-11(2-3-12(10)15-13)16-7-5-14-6-8-16;/h2-3,9,14H,1,4-8H2,(H,15,17);1H. The Bertz CT molecular complexity index is 444. The minimum atomic E-state index is 0. The van der Waals surface area contributed by atoms with Gasteiger partial charge in [-0.05, 0) is 30.2 Å². The summed E-state index contributed by atoms with van der Waals surface area (Å²) in [4.78, 5) is 13.7. The van der Waals surface area contributed by atoms with Gasteiger partial charge in [-0.1, -0.05) is 0 Å². The Morgan fingerprint density at radius 2 is 1.89 bits per heavy atom. The van der Waals surface area contributed by atoms with Gasteiger partial charge >= 0.3 is 0 Å². The Hall–Kier alpha value is -1.26. The first kappa shape index (κ1) is 13.2. The number of anilines is 2. The van der Waals surface area contributed by atoms with Crippen LogP contribution in [-0.4, -0.2) is 32.1 Å². The van der Waals surface area contributed by atoms with Gasteiger partial charge in [0.2, 0.25) is 5.91 Å². The summed E-state index contributed by atoms with van der Waals surface area (Å²) in [5.74, 6) is 0.132. The van der Waals surface area contributed by atoms with Gasteiger partial charge in [0, 0.05) is 44.0 Å². The quantitative estimate of drug-likeness (QED) is 0.809. The van der Waals surface area contributed by atoms with Gasteiger partial charge in [-0.2, -0.15) is 0 Å². The van der Waals surface area contributed by atoms with E-state index in [1.54, 1.807) is 0 Å². The molecule has 0 aliphatic carbocycles. The lowest BCUT2D eigenvalue weighted by Crippen LogP contribution is -2.43. The maximum absolute atomic E-state index is 11.3. The van der Waals surface area contributed by atoms with Crippen LogP contribution in [0.5, 0.6) is 0 Å². The molecule has 0 atom stereocenters. The predicted molar refractivity (Wildman–Crippen MR) is 75.7 cm³/mol. The largest absolute Gasteiger partial charge is 0.369 e. The lowest BCUT2D eigenvalue weighted by molar-refractivity contribution is -0.116. The number of aryl methyl sites for hydroxylation is 1. The lowest BCUT2D eigenvalue weighted by atomic mass is 10.0. The molecule has 2 N–H and O–H groups in total. The van der Waals surface area contributed by atoms with Crippen molar-refractivity contribution in [3.8, 4) is 0 Å². The first-order chi connectivity index (χ1) is 8.33. The second-order valence-electron chi connectivity index (χ2n) is 4.63. The summed E-state index contributed by atoms with van der Waals surface area (Å²) in [6, 6.07) is 6.36. The SMILES string of the molecule is Cl.O=C1CCc2cc(N3CCNCC3)ccc2N1. The number of nitrogens with zero attached hydrogens (tertiary/aromatic N) is 1. The maximum atomic E-state index is 11.3. The molecule has 0 aromatic heterocycles.